The zero-order chi connectivity index (χ0) is 16.8. The fourth-order valence-electron chi connectivity index (χ4n) is 3.82. The quantitative estimate of drug-likeness (QED) is 0.832. The number of nitrogens with zero attached hydrogens (tertiary/aromatic N) is 6. The molecule has 2 fully saturated rings. The Bertz CT molecular complexity index is 781. The van der Waals surface area contributed by atoms with Crippen LogP contribution in [0, 0.1) is 0 Å². The number of aryl methyl sites for hydroxylation is 2. The van der Waals surface area contributed by atoms with Crippen LogP contribution in [0.15, 0.2) is 18.3 Å². The van der Waals surface area contributed by atoms with Crippen molar-refractivity contribution in [2.24, 2.45) is 0 Å². The Morgan fingerprint density at radius 2 is 2.08 bits per heavy atom. The molecule has 5 rings (SSSR count). The fraction of sp³-hybridized carbons (Fsp3) is 0.579. The van der Waals surface area contributed by atoms with E-state index < -0.39 is 0 Å². The van der Waals surface area contributed by atoms with Crippen LogP contribution in [0.5, 0.6) is 0 Å². The third-order valence-corrected chi connectivity index (χ3v) is 5.70. The lowest BCUT2D eigenvalue weighted by Gasteiger charge is -2.44. The molecule has 25 heavy (non-hydrogen) atoms. The molecule has 0 spiro atoms. The van der Waals surface area contributed by atoms with Gasteiger partial charge < -0.3 is 4.90 Å². The van der Waals surface area contributed by atoms with E-state index in [1.165, 1.54) is 30.5 Å². The SMILES string of the molecule is CN(Cc1ccnc(C2CC2)n1)C1CN(c2cc3c(nn2)CCC3)C1. The average Bonchev–Trinajstić information content (AvgIpc) is 3.32. The summed E-state index contributed by atoms with van der Waals surface area (Å²) >= 11 is 0. The summed E-state index contributed by atoms with van der Waals surface area (Å²) in [6.45, 7) is 2.92. The van der Waals surface area contributed by atoms with E-state index in [4.69, 9.17) is 4.98 Å². The number of fused-ring (bicyclic) bond motifs is 1. The van der Waals surface area contributed by atoms with Crippen molar-refractivity contribution in [2.75, 3.05) is 25.0 Å². The van der Waals surface area contributed by atoms with E-state index in [-0.39, 0.29) is 0 Å². The van der Waals surface area contributed by atoms with Crippen molar-refractivity contribution < 1.29 is 0 Å². The van der Waals surface area contributed by atoms with Crippen molar-refractivity contribution in [2.45, 2.75) is 50.6 Å². The van der Waals surface area contributed by atoms with E-state index in [0.717, 1.165) is 49.8 Å². The van der Waals surface area contributed by atoms with Crippen molar-refractivity contribution in [1.82, 2.24) is 25.1 Å². The van der Waals surface area contributed by atoms with Gasteiger partial charge in [-0.1, -0.05) is 0 Å². The molecule has 2 aliphatic carbocycles. The van der Waals surface area contributed by atoms with Crippen LogP contribution < -0.4 is 4.90 Å². The lowest BCUT2D eigenvalue weighted by atomic mass is 10.1. The molecule has 0 aromatic carbocycles. The second kappa shape index (κ2) is 6.02. The molecule has 6 nitrogen and oxygen atoms in total. The molecule has 1 saturated heterocycles. The first-order chi connectivity index (χ1) is 12.3. The largest absolute Gasteiger partial charge is 0.352 e. The maximum absolute atomic E-state index is 4.74. The highest BCUT2D eigenvalue weighted by Gasteiger charge is 2.32. The van der Waals surface area contributed by atoms with Gasteiger partial charge in [-0.05, 0) is 56.8 Å². The van der Waals surface area contributed by atoms with Gasteiger partial charge in [0, 0.05) is 37.8 Å². The molecule has 6 heteroatoms. The van der Waals surface area contributed by atoms with Crippen LogP contribution in [-0.4, -0.2) is 51.2 Å². The number of hydrogen-bond donors (Lipinski definition) is 0. The highest BCUT2D eigenvalue weighted by molar-refractivity contribution is 5.45. The Labute approximate surface area is 148 Å². The monoisotopic (exact) mass is 336 g/mol. The van der Waals surface area contributed by atoms with Crippen molar-refractivity contribution in [3.63, 3.8) is 0 Å². The molecule has 3 aliphatic rings. The van der Waals surface area contributed by atoms with E-state index in [1.807, 2.05) is 12.3 Å². The van der Waals surface area contributed by atoms with Gasteiger partial charge in [0.25, 0.3) is 0 Å². The normalized spacial score (nSPS) is 20.0. The van der Waals surface area contributed by atoms with Crippen molar-refractivity contribution in [1.29, 1.82) is 0 Å². The highest BCUT2D eigenvalue weighted by atomic mass is 15.4. The van der Waals surface area contributed by atoms with Crippen LogP contribution in [-0.2, 0) is 19.4 Å². The minimum absolute atomic E-state index is 0.550. The standard InChI is InChI=1S/C19H24N6/c1-24(10-15-7-8-20-19(21-15)13-5-6-13)16-11-25(12-16)18-9-14-3-2-4-17(14)22-23-18/h7-9,13,16H,2-6,10-12H2,1H3. The molecule has 0 N–H and O–H groups in total. The molecular weight excluding hydrogens is 312 g/mol. The van der Waals surface area contributed by atoms with E-state index in [1.54, 1.807) is 0 Å². The summed E-state index contributed by atoms with van der Waals surface area (Å²) < 4.78 is 0. The number of rotatable bonds is 5. The predicted octanol–water partition coefficient (Wildman–Crippen LogP) is 1.95. The van der Waals surface area contributed by atoms with Crippen molar-refractivity contribution in [3.05, 3.63) is 41.1 Å². The minimum Gasteiger partial charge on any atom is -0.352 e. The topological polar surface area (TPSA) is 58.0 Å². The van der Waals surface area contributed by atoms with Gasteiger partial charge in [-0.15, -0.1) is 5.10 Å². The van der Waals surface area contributed by atoms with Gasteiger partial charge in [-0.25, -0.2) is 9.97 Å². The van der Waals surface area contributed by atoms with Crippen LogP contribution in [0.1, 0.15) is 48.0 Å². The summed E-state index contributed by atoms with van der Waals surface area (Å²) in [5.41, 5.74) is 3.73. The first-order valence-corrected chi connectivity index (χ1v) is 9.39. The first kappa shape index (κ1) is 15.2. The van der Waals surface area contributed by atoms with Crippen molar-refractivity contribution >= 4 is 5.82 Å². The lowest BCUT2D eigenvalue weighted by Crippen LogP contribution is -2.58. The van der Waals surface area contributed by atoms with Crippen LogP contribution in [0.25, 0.3) is 0 Å². The zero-order valence-corrected chi connectivity index (χ0v) is 14.7. The number of anilines is 1. The van der Waals surface area contributed by atoms with Crippen LogP contribution in [0.2, 0.25) is 0 Å². The van der Waals surface area contributed by atoms with Crippen LogP contribution >= 0.6 is 0 Å². The molecular formula is C19H24N6. The van der Waals surface area contributed by atoms with Gasteiger partial charge in [0.05, 0.1) is 11.4 Å². The number of likely N-dealkylation sites (N-methyl/N-ethyl adjacent to an activating group) is 1. The molecule has 1 aliphatic heterocycles. The van der Waals surface area contributed by atoms with E-state index in [2.05, 4.69) is 38.1 Å². The van der Waals surface area contributed by atoms with Crippen LogP contribution in [0.4, 0.5) is 5.82 Å². The zero-order valence-electron chi connectivity index (χ0n) is 14.7. The maximum Gasteiger partial charge on any atom is 0.151 e. The van der Waals surface area contributed by atoms with E-state index in [0.29, 0.717) is 12.0 Å². The molecule has 0 unspecified atom stereocenters. The molecule has 3 heterocycles. The van der Waals surface area contributed by atoms with Crippen LogP contribution in [0.3, 0.4) is 0 Å². The Morgan fingerprint density at radius 1 is 1.20 bits per heavy atom. The van der Waals surface area contributed by atoms with E-state index >= 15 is 0 Å². The minimum atomic E-state index is 0.550. The van der Waals surface area contributed by atoms with E-state index in [9.17, 15) is 0 Å². The van der Waals surface area contributed by atoms with Gasteiger partial charge in [0.1, 0.15) is 5.82 Å². The summed E-state index contributed by atoms with van der Waals surface area (Å²) in [7, 11) is 2.19. The molecule has 1 saturated carbocycles. The molecule has 130 valence electrons. The summed E-state index contributed by atoms with van der Waals surface area (Å²) in [4.78, 5) is 13.9. The highest BCUT2D eigenvalue weighted by Crippen LogP contribution is 2.37. The Morgan fingerprint density at radius 3 is 2.92 bits per heavy atom. The number of aromatic nitrogens is 4. The molecule has 0 atom stereocenters. The number of hydrogen-bond acceptors (Lipinski definition) is 6. The van der Waals surface area contributed by atoms with Gasteiger partial charge in [-0.2, -0.15) is 5.10 Å². The summed E-state index contributed by atoms with van der Waals surface area (Å²) in [6, 6.07) is 4.84. The summed E-state index contributed by atoms with van der Waals surface area (Å²) in [5.74, 6) is 2.70. The third kappa shape index (κ3) is 2.99. The molecule has 0 amide bonds. The van der Waals surface area contributed by atoms with Gasteiger partial charge in [0.15, 0.2) is 5.82 Å². The molecule has 0 radical (unpaired) electrons. The fourth-order valence-corrected chi connectivity index (χ4v) is 3.82. The predicted molar refractivity (Wildman–Crippen MR) is 95.5 cm³/mol. The second-order valence-corrected chi connectivity index (χ2v) is 7.68. The third-order valence-electron chi connectivity index (χ3n) is 5.70. The maximum atomic E-state index is 4.74. The Hall–Kier alpha value is -2.08. The average molecular weight is 336 g/mol. The molecule has 0 bridgehead atoms. The first-order valence-electron chi connectivity index (χ1n) is 9.39. The van der Waals surface area contributed by atoms with Gasteiger partial charge >= 0.3 is 0 Å². The van der Waals surface area contributed by atoms with Crippen molar-refractivity contribution in [3.8, 4) is 0 Å². The Balaban J connectivity index is 1.19. The molecule has 2 aromatic heterocycles. The smallest absolute Gasteiger partial charge is 0.151 e. The lowest BCUT2D eigenvalue weighted by molar-refractivity contribution is 0.194. The molecule has 2 aromatic rings. The summed E-state index contributed by atoms with van der Waals surface area (Å²) in [5, 5.41) is 8.83. The van der Waals surface area contributed by atoms with Gasteiger partial charge in [0.2, 0.25) is 0 Å². The Kier molecular flexibility index (Phi) is 3.66. The second-order valence-electron chi connectivity index (χ2n) is 7.68. The summed E-state index contributed by atoms with van der Waals surface area (Å²) in [6.07, 6.45) is 7.89. The van der Waals surface area contributed by atoms with Gasteiger partial charge in [-0.3, -0.25) is 4.90 Å².